The van der Waals surface area contributed by atoms with Crippen molar-refractivity contribution in [3.63, 3.8) is 0 Å². The molecule has 5 unspecified atom stereocenters. The van der Waals surface area contributed by atoms with E-state index in [9.17, 15) is 0 Å². The molecule has 5 atom stereocenters. The van der Waals surface area contributed by atoms with Crippen molar-refractivity contribution in [2.75, 3.05) is 0 Å². The number of hydrogen-bond acceptors (Lipinski definition) is 1. The van der Waals surface area contributed by atoms with Crippen molar-refractivity contribution >= 4 is 0 Å². The average molecular weight is 372 g/mol. The third kappa shape index (κ3) is 6.96. The van der Waals surface area contributed by atoms with Crippen molar-refractivity contribution in [3.8, 4) is 6.07 Å². The predicted molar refractivity (Wildman–Crippen MR) is 117 cm³/mol. The molecular weight excluding hydrogens is 326 g/mol. The molecule has 154 valence electrons. The minimum absolute atomic E-state index is 0.674. The zero-order valence-corrected chi connectivity index (χ0v) is 18.6. The lowest BCUT2D eigenvalue weighted by Gasteiger charge is -2.48. The summed E-state index contributed by atoms with van der Waals surface area (Å²) >= 11 is 0. The first kappa shape index (κ1) is 22.5. The average Bonchev–Trinajstić information content (AvgIpc) is 2.65. The molecule has 0 aromatic heterocycles. The van der Waals surface area contributed by atoms with Gasteiger partial charge in [-0.15, -0.1) is 0 Å². The maximum atomic E-state index is 8.93. The first-order chi connectivity index (χ1) is 13.0. The number of fused-ring (bicyclic) bond motifs is 1. The third-order valence-electron chi connectivity index (χ3n) is 8.16. The second-order valence-electron chi connectivity index (χ2n) is 10.3. The maximum absolute atomic E-state index is 8.93. The SMILES string of the molecule is C=C(C#N)CCCC(CCCC1CCC2CCCCC2(C)C1)C(C)CCC. The van der Waals surface area contributed by atoms with Gasteiger partial charge in [-0.1, -0.05) is 78.7 Å². The van der Waals surface area contributed by atoms with Gasteiger partial charge in [0.05, 0.1) is 6.07 Å². The van der Waals surface area contributed by atoms with Gasteiger partial charge in [0, 0.05) is 5.57 Å². The first-order valence-electron chi connectivity index (χ1n) is 12.1. The lowest BCUT2D eigenvalue weighted by molar-refractivity contribution is 0.0303. The zero-order chi connectivity index (χ0) is 19.7. The lowest BCUT2D eigenvalue weighted by Crippen LogP contribution is -2.37. The molecule has 0 aromatic carbocycles. The van der Waals surface area contributed by atoms with Gasteiger partial charge in [-0.2, -0.15) is 5.26 Å². The van der Waals surface area contributed by atoms with E-state index in [2.05, 4.69) is 33.4 Å². The van der Waals surface area contributed by atoms with E-state index >= 15 is 0 Å². The van der Waals surface area contributed by atoms with Crippen LogP contribution in [-0.4, -0.2) is 0 Å². The summed E-state index contributed by atoms with van der Waals surface area (Å²) in [5.41, 5.74) is 1.43. The Bertz CT molecular complexity index is 487. The highest BCUT2D eigenvalue weighted by Crippen LogP contribution is 2.52. The van der Waals surface area contributed by atoms with Crippen LogP contribution in [0.5, 0.6) is 0 Å². The van der Waals surface area contributed by atoms with Gasteiger partial charge in [0.15, 0.2) is 0 Å². The number of allylic oxidation sites excluding steroid dienone is 1. The summed E-state index contributed by atoms with van der Waals surface area (Å²) < 4.78 is 0. The molecule has 2 fully saturated rings. The molecule has 1 heteroatoms. The Kier molecular flexibility index (Phi) is 9.41. The van der Waals surface area contributed by atoms with Crippen LogP contribution in [0.15, 0.2) is 12.2 Å². The Balaban J connectivity index is 1.76. The normalized spacial score (nSPS) is 30.1. The molecule has 0 radical (unpaired) electrons. The summed E-state index contributed by atoms with van der Waals surface area (Å²) in [6.07, 6.45) is 20.7. The summed E-state index contributed by atoms with van der Waals surface area (Å²) in [5.74, 6) is 3.70. The molecule has 0 spiro atoms. The number of hydrogen-bond donors (Lipinski definition) is 0. The molecule has 2 rings (SSSR count). The van der Waals surface area contributed by atoms with Crippen LogP contribution in [0.1, 0.15) is 117 Å². The van der Waals surface area contributed by atoms with Gasteiger partial charge in [-0.3, -0.25) is 0 Å². The number of rotatable bonds is 11. The fourth-order valence-corrected chi connectivity index (χ4v) is 6.39. The summed E-state index contributed by atoms with van der Waals surface area (Å²) in [4.78, 5) is 0. The molecule has 2 aliphatic rings. The van der Waals surface area contributed by atoms with Gasteiger partial charge in [0.2, 0.25) is 0 Å². The quantitative estimate of drug-likeness (QED) is 0.334. The smallest absolute Gasteiger partial charge is 0.0940 e. The van der Waals surface area contributed by atoms with Gasteiger partial charge in [-0.05, 0) is 74.0 Å². The summed E-state index contributed by atoms with van der Waals surface area (Å²) in [6, 6.07) is 2.21. The standard InChI is InChI=1S/C26H45N/c1-5-10-22(3)24(13-8-11-21(2)20-27)14-9-12-23-16-17-25-15-6-7-18-26(25,4)19-23/h22-25H,2,5-19H2,1,3-4H3. The highest BCUT2D eigenvalue weighted by atomic mass is 14.5. The fourth-order valence-electron chi connectivity index (χ4n) is 6.39. The van der Waals surface area contributed by atoms with E-state index in [0.29, 0.717) is 5.41 Å². The van der Waals surface area contributed by atoms with Gasteiger partial charge in [0.25, 0.3) is 0 Å². The van der Waals surface area contributed by atoms with E-state index in [-0.39, 0.29) is 0 Å². The molecule has 0 aliphatic heterocycles. The fraction of sp³-hybridized carbons (Fsp3) is 0.885. The van der Waals surface area contributed by atoms with Crippen molar-refractivity contribution in [3.05, 3.63) is 12.2 Å². The number of nitrogens with zero attached hydrogens (tertiary/aromatic N) is 1. The van der Waals surface area contributed by atoms with Crippen LogP contribution in [-0.2, 0) is 0 Å². The topological polar surface area (TPSA) is 23.8 Å². The Morgan fingerprint density at radius 1 is 1.15 bits per heavy atom. The summed E-state index contributed by atoms with van der Waals surface area (Å²) in [6.45, 7) is 11.2. The molecule has 0 N–H and O–H groups in total. The van der Waals surface area contributed by atoms with E-state index in [1.807, 2.05) is 0 Å². The zero-order valence-electron chi connectivity index (χ0n) is 18.6. The van der Waals surface area contributed by atoms with Crippen LogP contribution in [0.4, 0.5) is 0 Å². The molecule has 2 saturated carbocycles. The van der Waals surface area contributed by atoms with Crippen LogP contribution in [0.25, 0.3) is 0 Å². The van der Waals surface area contributed by atoms with Crippen LogP contribution >= 0.6 is 0 Å². The van der Waals surface area contributed by atoms with Gasteiger partial charge in [0.1, 0.15) is 0 Å². The Morgan fingerprint density at radius 2 is 1.93 bits per heavy atom. The van der Waals surface area contributed by atoms with E-state index in [0.717, 1.165) is 42.1 Å². The Labute approximate surface area is 170 Å². The highest BCUT2D eigenvalue weighted by molar-refractivity contribution is 5.15. The van der Waals surface area contributed by atoms with Crippen LogP contribution in [0.3, 0.4) is 0 Å². The Morgan fingerprint density at radius 3 is 2.67 bits per heavy atom. The molecule has 27 heavy (non-hydrogen) atoms. The molecule has 0 saturated heterocycles. The summed E-state index contributed by atoms with van der Waals surface area (Å²) in [7, 11) is 0. The molecule has 0 heterocycles. The second kappa shape index (κ2) is 11.3. The van der Waals surface area contributed by atoms with Gasteiger partial charge >= 0.3 is 0 Å². The molecular formula is C26H45N. The van der Waals surface area contributed by atoms with E-state index < -0.39 is 0 Å². The maximum Gasteiger partial charge on any atom is 0.0940 e. The van der Waals surface area contributed by atoms with Crippen molar-refractivity contribution in [2.45, 2.75) is 117 Å². The molecule has 0 aromatic rings. The summed E-state index contributed by atoms with van der Waals surface area (Å²) in [5, 5.41) is 8.93. The third-order valence-corrected chi connectivity index (χ3v) is 8.16. The van der Waals surface area contributed by atoms with E-state index in [1.165, 1.54) is 83.5 Å². The van der Waals surface area contributed by atoms with Crippen LogP contribution in [0, 0.1) is 40.4 Å². The number of nitriles is 1. The van der Waals surface area contributed by atoms with Crippen LogP contribution in [0.2, 0.25) is 0 Å². The van der Waals surface area contributed by atoms with Crippen molar-refractivity contribution in [2.24, 2.45) is 29.1 Å². The monoisotopic (exact) mass is 371 g/mol. The molecule has 0 amide bonds. The molecule has 0 bridgehead atoms. The minimum Gasteiger partial charge on any atom is -0.193 e. The van der Waals surface area contributed by atoms with Gasteiger partial charge in [-0.25, -0.2) is 0 Å². The largest absolute Gasteiger partial charge is 0.193 e. The van der Waals surface area contributed by atoms with Crippen molar-refractivity contribution in [1.29, 1.82) is 5.26 Å². The molecule has 1 nitrogen and oxygen atoms in total. The van der Waals surface area contributed by atoms with Crippen molar-refractivity contribution < 1.29 is 0 Å². The predicted octanol–water partition coefficient (Wildman–Crippen LogP) is 8.46. The minimum atomic E-state index is 0.674. The van der Waals surface area contributed by atoms with Crippen LogP contribution < -0.4 is 0 Å². The lowest BCUT2D eigenvalue weighted by atomic mass is 9.57. The highest BCUT2D eigenvalue weighted by Gasteiger charge is 2.41. The first-order valence-corrected chi connectivity index (χ1v) is 12.1. The van der Waals surface area contributed by atoms with Crippen molar-refractivity contribution in [1.82, 2.24) is 0 Å². The van der Waals surface area contributed by atoms with E-state index in [1.54, 1.807) is 0 Å². The van der Waals surface area contributed by atoms with E-state index in [4.69, 9.17) is 5.26 Å². The van der Waals surface area contributed by atoms with Gasteiger partial charge < -0.3 is 0 Å². The second-order valence-corrected chi connectivity index (χ2v) is 10.3. The molecule has 2 aliphatic carbocycles. The Hall–Kier alpha value is -0.770.